The highest BCUT2D eigenvalue weighted by Crippen LogP contribution is 2.33. The van der Waals surface area contributed by atoms with Gasteiger partial charge in [0.15, 0.2) is 0 Å². The monoisotopic (exact) mass is 298 g/mol. The number of carbonyl (C=O) groups is 1. The molecule has 0 aliphatic heterocycles. The predicted molar refractivity (Wildman–Crippen MR) is 66.7 cm³/mol. The van der Waals surface area contributed by atoms with Crippen LogP contribution in [0.3, 0.4) is 0 Å². The normalized spacial score (nSPS) is 13.0. The molecule has 0 saturated heterocycles. The van der Waals surface area contributed by atoms with Crippen LogP contribution in [0.1, 0.15) is 22.7 Å². The molecule has 0 bridgehead atoms. The third kappa shape index (κ3) is 3.18. The number of aromatic nitrogens is 1. The highest BCUT2D eigenvalue weighted by molar-refractivity contribution is 5.85. The van der Waals surface area contributed by atoms with E-state index in [4.69, 9.17) is 5.73 Å². The number of hydrogen-bond donors (Lipinski definition) is 1. The Labute approximate surface area is 117 Å². The lowest BCUT2D eigenvalue weighted by Gasteiger charge is -2.15. The summed E-state index contributed by atoms with van der Waals surface area (Å²) in [6, 6.07) is 6.56. The second-order valence-corrected chi connectivity index (χ2v) is 4.32. The van der Waals surface area contributed by atoms with E-state index in [0.717, 1.165) is 6.07 Å². The van der Waals surface area contributed by atoms with Crippen molar-refractivity contribution in [2.75, 3.05) is 0 Å². The molecule has 0 aliphatic rings. The standard InChI is InChI=1S/C14H10F4N2O/c15-10-7-8(14(16,17)18)4-5-9(10)12(13(19)21)11-3-1-2-6-20-11/h1-7,12H,(H2,19,21). The molecule has 7 heteroatoms. The molecule has 1 atom stereocenters. The Hall–Kier alpha value is -2.44. The van der Waals surface area contributed by atoms with E-state index < -0.39 is 29.4 Å². The van der Waals surface area contributed by atoms with E-state index in [-0.39, 0.29) is 11.3 Å². The zero-order valence-electron chi connectivity index (χ0n) is 10.6. The number of halogens is 4. The van der Waals surface area contributed by atoms with Gasteiger partial charge in [0.05, 0.1) is 11.3 Å². The van der Waals surface area contributed by atoms with Crippen molar-refractivity contribution in [1.82, 2.24) is 4.98 Å². The van der Waals surface area contributed by atoms with Gasteiger partial charge >= 0.3 is 6.18 Å². The van der Waals surface area contributed by atoms with Crippen LogP contribution < -0.4 is 5.73 Å². The van der Waals surface area contributed by atoms with Crippen molar-refractivity contribution in [2.45, 2.75) is 12.1 Å². The summed E-state index contributed by atoms with van der Waals surface area (Å²) >= 11 is 0. The average Bonchev–Trinajstić information content (AvgIpc) is 2.40. The van der Waals surface area contributed by atoms with Gasteiger partial charge in [-0.2, -0.15) is 13.2 Å². The van der Waals surface area contributed by atoms with Gasteiger partial charge in [0.2, 0.25) is 5.91 Å². The van der Waals surface area contributed by atoms with Gasteiger partial charge in [-0.25, -0.2) is 4.39 Å². The lowest BCUT2D eigenvalue weighted by molar-refractivity contribution is -0.137. The molecule has 1 aromatic carbocycles. The van der Waals surface area contributed by atoms with Crippen molar-refractivity contribution in [1.29, 1.82) is 0 Å². The molecule has 2 N–H and O–H groups in total. The van der Waals surface area contributed by atoms with E-state index in [1.807, 2.05) is 0 Å². The molecule has 1 heterocycles. The van der Waals surface area contributed by atoms with Crippen molar-refractivity contribution >= 4 is 5.91 Å². The number of nitrogens with two attached hydrogens (primary N) is 1. The van der Waals surface area contributed by atoms with Crippen LogP contribution >= 0.6 is 0 Å². The van der Waals surface area contributed by atoms with Crippen LogP contribution in [0.2, 0.25) is 0 Å². The molecule has 1 unspecified atom stereocenters. The minimum atomic E-state index is -4.66. The highest BCUT2D eigenvalue weighted by atomic mass is 19.4. The average molecular weight is 298 g/mol. The van der Waals surface area contributed by atoms with E-state index in [1.165, 1.54) is 12.3 Å². The van der Waals surface area contributed by atoms with Crippen LogP contribution in [-0.4, -0.2) is 10.9 Å². The maximum Gasteiger partial charge on any atom is 0.416 e. The molecule has 110 valence electrons. The van der Waals surface area contributed by atoms with Crippen molar-refractivity contribution in [3.8, 4) is 0 Å². The Morgan fingerprint density at radius 1 is 1.19 bits per heavy atom. The van der Waals surface area contributed by atoms with Crippen LogP contribution in [0, 0.1) is 5.82 Å². The van der Waals surface area contributed by atoms with Crippen molar-refractivity contribution in [2.24, 2.45) is 5.73 Å². The molecular formula is C14H10F4N2O. The number of primary amides is 1. The van der Waals surface area contributed by atoms with Crippen LogP contribution in [0.25, 0.3) is 0 Å². The molecule has 0 fully saturated rings. The number of amides is 1. The largest absolute Gasteiger partial charge is 0.416 e. The van der Waals surface area contributed by atoms with Crippen molar-refractivity contribution in [3.05, 3.63) is 65.2 Å². The molecule has 21 heavy (non-hydrogen) atoms. The summed E-state index contributed by atoms with van der Waals surface area (Å²) in [5.74, 6) is -3.29. The summed E-state index contributed by atoms with van der Waals surface area (Å²) in [5.41, 5.74) is 4.02. The van der Waals surface area contributed by atoms with E-state index in [2.05, 4.69) is 4.98 Å². The predicted octanol–water partition coefficient (Wildman–Crippen LogP) is 2.86. The number of rotatable bonds is 3. The van der Waals surface area contributed by atoms with E-state index in [1.54, 1.807) is 12.1 Å². The zero-order valence-corrected chi connectivity index (χ0v) is 10.6. The topological polar surface area (TPSA) is 56.0 Å². The van der Waals surface area contributed by atoms with Crippen LogP contribution in [0.15, 0.2) is 42.6 Å². The Morgan fingerprint density at radius 2 is 1.90 bits per heavy atom. The van der Waals surface area contributed by atoms with Crippen LogP contribution in [-0.2, 0) is 11.0 Å². The van der Waals surface area contributed by atoms with Crippen LogP contribution in [0.4, 0.5) is 17.6 Å². The molecule has 1 amide bonds. The van der Waals surface area contributed by atoms with Gasteiger partial charge in [-0.15, -0.1) is 0 Å². The highest BCUT2D eigenvalue weighted by Gasteiger charge is 2.33. The second-order valence-electron chi connectivity index (χ2n) is 4.32. The lowest BCUT2D eigenvalue weighted by atomic mass is 9.93. The van der Waals surface area contributed by atoms with Gasteiger partial charge in [0, 0.05) is 11.8 Å². The fourth-order valence-electron chi connectivity index (χ4n) is 1.94. The van der Waals surface area contributed by atoms with E-state index >= 15 is 0 Å². The minimum absolute atomic E-state index is 0.170. The number of pyridine rings is 1. The summed E-state index contributed by atoms with van der Waals surface area (Å²) in [4.78, 5) is 15.4. The summed E-state index contributed by atoms with van der Waals surface area (Å²) < 4.78 is 51.5. The lowest BCUT2D eigenvalue weighted by Crippen LogP contribution is -2.24. The van der Waals surface area contributed by atoms with Gasteiger partial charge in [0.1, 0.15) is 11.7 Å². The third-order valence-electron chi connectivity index (χ3n) is 2.91. The number of alkyl halides is 3. The van der Waals surface area contributed by atoms with Crippen LogP contribution in [0.5, 0.6) is 0 Å². The first-order valence-electron chi connectivity index (χ1n) is 5.87. The van der Waals surface area contributed by atoms with E-state index in [9.17, 15) is 22.4 Å². The Bertz CT molecular complexity index is 656. The number of hydrogen-bond acceptors (Lipinski definition) is 2. The molecule has 1 aromatic heterocycles. The summed E-state index contributed by atoms with van der Waals surface area (Å²) in [5, 5.41) is 0. The molecule has 0 aliphatic carbocycles. The quantitative estimate of drug-likeness (QED) is 0.886. The minimum Gasteiger partial charge on any atom is -0.369 e. The maximum absolute atomic E-state index is 13.9. The second kappa shape index (κ2) is 5.51. The van der Waals surface area contributed by atoms with E-state index in [0.29, 0.717) is 12.1 Å². The zero-order chi connectivity index (χ0) is 15.6. The fraction of sp³-hybridized carbons (Fsp3) is 0.143. The van der Waals surface area contributed by atoms with Gasteiger partial charge in [-0.05, 0) is 24.3 Å². The number of benzene rings is 1. The first-order valence-corrected chi connectivity index (χ1v) is 5.87. The Morgan fingerprint density at radius 3 is 2.38 bits per heavy atom. The molecule has 0 spiro atoms. The first kappa shape index (κ1) is 15.0. The smallest absolute Gasteiger partial charge is 0.369 e. The Kier molecular flexibility index (Phi) is 3.93. The first-order chi connectivity index (χ1) is 9.80. The van der Waals surface area contributed by atoms with Gasteiger partial charge < -0.3 is 5.73 Å². The maximum atomic E-state index is 13.9. The summed E-state index contributed by atoms with van der Waals surface area (Å²) in [6.07, 6.45) is -3.28. The summed E-state index contributed by atoms with van der Waals surface area (Å²) in [7, 11) is 0. The SMILES string of the molecule is NC(=O)C(c1ccccn1)c1ccc(C(F)(F)F)cc1F. The molecule has 0 radical (unpaired) electrons. The fourth-order valence-corrected chi connectivity index (χ4v) is 1.94. The molecular weight excluding hydrogens is 288 g/mol. The van der Waals surface area contributed by atoms with Gasteiger partial charge in [0.25, 0.3) is 0 Å². The van der Waals surface area contributed by atoms with Gasteiger partial charge in [-0.1, -0.05) is 12.1 Å². The molecule has 0 saturated carbocycles. The summed E-state index contributed by atoms with van der Waals surface area (Å²) in [6.45, 7) is 0. The Balaban J connectivity index is 2.50. The van der Waals surface area contributed by atoms with Crippen molar-refractivity contribution in [3.63, 3.8) is 0 Å². The molecule has 2 aromatic rings. The van der Waals surface area contributed by atoms with Crippen molar-refractivity contribution < 1.29 is 22.4 Å². The molecule has 3 nitrogen and oxygen atoms in total. The number of carbonyl (C=O) groups excluding carboxylic acids is 1. The molecule has 2 rings (SSSR count). The number of nitrogens with zero attached hydrogens (tertiary/aromatic N) is 1. The van der Waals surface area contributed by atoms with Gasteiger partial charge in [-0.3, -0.25) is 9.78 Å². The third-order valence-corrected chi connectivity index (χ3v) is 2.91.